The molecule has 0 aliphatic carbocycles. The lowest BCUT2D eigenvalue weighted by atomic mass is 10.1. The van der Waals surface area contributed by atoms with Gasteiger partial charge in [-0.15, -0.1) is 0 Å². The van der Waals surface area contributed by atoms with Crippen LogP contribution in [-0.2, 0) is 4.74 Å². The van der Waals surface area contributed by atoms with E-state index in [1.807, 2.05) is 30.3 Å². The van der Waals surface area contributed by atoms with Crippen LogP contribution in [0.25, 0.3) is 11.3 Å². The second-order valence-corrected chi connectivity index (χ2v) is 6.71. The number of likely N-dealkylation sites (tertiary alicyclic amines) is 1. The van der Waals surface area contributed by atoms with E-state index in [-0.39, 0.29) is 5.91 Å². The molecule has 2 heterocycles. The average molecular weight is 354 g/mol. The molecule has 1 aromatic carbocycles. The van der Waals surface area contributed by atoms with Crippen LogP contribution in [0.2, 0.25) is 0 Å². The van der Waals surface area contributed by atoms with Crippen LogP contribution >= 0.6 is 0 Å². The van der Waals surface area contributed by atoms with Crippen LogP contribution in [0, 0.1) is 5.92 Å². The second-order valence-electron chi connectivity index (χ2n) is 6.71. The van der Waals surface area contributed by atoms with E-state index in [2.05, 4.69) is 15.2 Å². The molecule has 0 unspecified atom stereocenters. The summed E-state index contributed by atoms with van der Waals surface area (Å²) in [6.45, 7) is 4.52. The number of hydrogen-bond donors (Lipinski definition) is 2. The molecule has 1 fully saturated rings. The van der Waals surface area contributed by atoms with E-state index >= 15 is 0 Å². The number of anilines is 1. The Kier molecular flexibility index (Phi) is 6.20. The summed E-state index contributed by atoms with van der Waals surface area (Å²) in [5.41, 5.74) is 8.88. The summed E-state index contributed by atoms with van der Waals surface area (Å²) < 4.78 is 5.12. The van der Waals surface area contributed by atoms with Crippen molar-refractivity contribution in [3.05, 3.63) is 48.2 Å². The first-order valence-corrected chi connectivity index (χ1v) is 8.97. The Morgan fingerprint density at radius 1 is 1.35 bits per heavy atom. The number of nitrogen functional groups attached to an aromatic ring is 1. The maximum Gasteiger partial charge on any atom is 0.251 e. The summed E-state index contributed by atoms with van der Waals surface area (Å²) >= 11 is 0. The molecule has 1 saturated heterocycles. The minimum absolute atomic E-state index is 0.0348. The largest absolute Gasteiger partial charge is 0.399 e. The van der Waals surface area contributed by atoms with Gasteiger partial charge in [-0.1, -0.05) is 12.1 Å². The maximum atomic E-state index is 12.4. The highest BCUT2D eigenvalue weighted by atomic mass is 16.5. The van der Waals surface area contributed by atoms with Crippen LogP contribution in [0.4, 0.5) is 5.69 Å². The lowest BCUT2D eigenvalue weighted by molar-refractivity contribution is 0.0946. The number of methoxy groups -OCH3 is 1. The second kappa shape index (κ2) is 8.78. The fraction of sp³-hybridized carbons (Fsp3) is 0.400. The highest BCUT2D eigenvalue weighted by Crippen LogP contribution is 2.19. The molecule has 0 radical (unpaired) electrons. The van der Waals surface area contributed by atoms with Gasteiger partial charge in [0, 0.05) is 49.8 Å². The van der Waals surface area contributed by atoms with Gasteiger partial charge in [0.2, 0.25) is 0 Å². The summed E-state index contributed by atoms with van der Waals surface area (Å²) in [6, 6.07) is 11.0. The number of nitrogens with one attached hydrogen (secondary N) is 1. The number of ether oxygens (including phenoxy) is 1. The van der Waals surface area contributed by atoms with E-state index < -0.39 is 0 Å². The molecule has 1 aliphatic rings. The zero-order valence-electron chi connectivity index (χ0n) is 15.1. The van der Waals surface area contributed by atoms with E-state index in [1.165, 1.54) is 0 Å². The Labute approximate surface area is 154 Å². The van der Waals surface area contributed by atoms with Gasteiger partial charge in [-0.05, 0) is 43.1 Å². The molecule has 0 saturated carbocycles. The first-order chi connectivity index (χ1) is 12.7. The highest BCUT2D eigenvalue weighted by molar-refractivity contribution is 5.94. The van der Waals surface area contributed by atoms with Gasteiger partial charge in [0.25, 0.3) is 5.91 Å². The monoisotopic (exact) mass is 354 g/mol. The quantitative estimate of drug-likeness (QED) is 0.795. The smallest absolute Gasteiger partial charge is 0.251 e. The molecule has 1 aromatic heterocycles. The molecule has 1 atom stereocenters. The van der Waals surface area contributed by atoms with Crippen LogP contribution < -0.4 is 11.1 Å². The summed E-state index contributed by atoms with van der Waals surface area (Å²) in [5, 5.41) is 3.05. The molecular formula is C20H26N4O2. The van der Waals surface area contributed by atoms with Gasteiger partial charge < -0.3 is 20.7 Å². The standard InChI is InChI=1S/C20H26N4O2/c1-26-11-10-24-9-7-15(14-24)13-23-20(25)17-4-2-16(3-5-17)19-12-18(21)6-8-22-19/h2-6,8,12,15H,7,9-11,13-14H2,1H3,(H2,21,22)(H,23,25)/t15-/m1/s1. The number of hydrogen-bond acceptors (Lipinski definition) is 5. The van der Waals surface area contributed by atoms with Gasteiger partial charge in [0.15, 0.2) is 0 Å². The third-order valence-corrected chi connectivity index (χ3v) is 4.76. The van der Waals surface area contributed by atoms with Crippen LogP contribution in [0.1, 0.15) is 16.8 Å². The van der Waals surface area contributed by atoms with Crippen LogP contribution in [0.3, 0.4) is 0 Å². The molecule has 6 nitrogen and oxygen atoms in total. The summed E-state index contributed by atoms with van der Waals surface area (Å²) in [5.74, 6) is 0.471. The normalized spacial score (nSPS) is 17.3. The fourth-order valence-corrected chi connectivity index (χ4v) is 3.24. The van der Waals surface area contributed by atoms with Crippen molar-refractivity contribution in [1.82, 2.24) is 15.2 Å². The molecule has 26 heavy (non-hydrogen) atoms. The first-order valence-electron chi connectivity index (χ1n) is 8.97. The van der Waals surface area contributed by atoms with E-state index in [4.69, 9.17) is 10.5 Å². The number of carbonyl (C=O) groups excluding carboxylic acids is 1. The van der Waals surface area contributed by atoms with E-state index in [0.717, 1.165) is 43.9 Å². The summed E-state index contributed by atoms with van der Waals surface area (Å²) in [4.78, 5) is 19.1. The number of nitrogens with two attached hydrogens (primary N) is 1. The molecule has 2 aromatic rings. The number of nitrogens with zero attached hydrogens (tertiary/aromatic N) is 2. The van der Waals surface area contributed by atoms with Gasteiger partial charge in [0.05, 0.1) is 12.3 Å². The Morgan fingerprint density at radius 2 is 2.15 bits per heavy atom. The first kappa shape index (κ1) is 18.4. The Hall–Kier alpha value is -2.44. The fourth-order valence-electron chi connectivity index (χ4n) is 3.24. The van der Waals surface area contributed by atoms with Crippen molar-refractivity contribution >= 4 is 11.6 Å². The Morgan fingerprint density at radius 3 is 2.88 bits per heavy atom. The number of pyridine rings is 1. The average Bonchev–Trinajstić information content (AvgIpc) is 3.12. The Balaban J connectivity index is 1.51. The predicted octanol–water partition coefficient (Wildman–Crippen LogP) is 2.03. The van der Waals surface area contributed by atoms with Crippen molar-refractivity contribution in [3.63, 3.8) is 0 Å². The van der Waals surface area contributed by atoms with Crippen LogP contribution in [-0.4, -0.2) is 55.7 Å². The molecule has 1 aliphatic heterocycles. The SMILES string of the molecule is COCCN1CC[C@H](CNC(=O)c2ccc(-c3cc(N)ccn3)cc2)C1. The van der Waals surface area contributed by atoms with Crippen molar-refractivity contribution in [3.8, 4) is 11.3 Å². The number of carbonyl (C=O) groups is 1. The van der Waals surface area contributed by atoms with Crippen molar-refractivity contribution in [2.24, 2.45) is 5.92 Å². The van der Waals surface area contributed by atoms with Crippen molar-refractivity contribution in [2.75, 3.05) is 45.6 Å². The van der Waals surface area contributed by atoms with Crippen molar-refractivity contribution < 1.29 is 9.53 Å². The van der Waals surface area contributed by atoms with Gasteiger partial charge in [0.1, 0.15) is 0 Å². The minimum atomic E-state index is -0.0348. The van der Waals surface area contributed by atoms with Gasteiger partial charge in [-0.3, -0.25) is 9.78 Å². The van der Waals surface area contributed by atoms with Gasteiger partial charge >= 0.3 is 0 Å². The molecule has 138 valence electrons. The third kappa shape index (κ3) is 4.80. The lowest BCUT2D eigenvalue weighted by Crippen LogP contribution is -2.31. The van der Waals surface area contributed by atoms with Gasteiger partial charge in [-0.25, -0.2) is 0 Å². The lowest BCUT2D eigenvalue weighted by Gasteiger charge is -2.15. The van der Waals surface area contributed by atoms with Crippen molar-refractivity contribution in [1.29, 1.82) is 0 Å². The highest BCUT2D eigenvalue weighted by Gasteiger charge is 2.22. The van der Waals surface area contributed by atoms with Crippen LogP contribution in [0.5, 0.6) is 0 Å². The molecule has 6 heteroatoms. The van der Waals surface area contributed by atoms with E-state index in [1.54, 1.807) is 19.4 Å². The molecule has 1 amide bonds. The van der Waals surface area contributed by atoms with Crippen LogP contribution in [0.15, 0.2) is 42.6 Å². The molecule has 3 N–H and O–H groups in total. The zero-order chi connectivity index (χ0) is 18.4. The molecular weight excluding hydrogens is 328 g/mol. The van der Waals surface area contributed by atoms with Gasteiger partial charge in [-0.2, -0.15) is 0 Å². The number of aromatic nitrogens is 1. The summed E-state index contributed by atoms with van der Waals surface area (Å²) in [6.07, 6.45) is 2.80. The topological polar surface area (TPSA) is 80.5 Å². The molecule has 0 bridgehead atoms. The summed E-state index contributed by atoms with van der Waals surface area (Å²) in [7, 11) is 1.72. The molecule has 3 rings (SSSR count). The number of rotatable bonds is 7. The number of benzene rings is 1. The molecule has 0 spiro atoms. The zero-order valence-corrected chi connectivity index (χ0v) is 15.1. The van der Waals surface area contributed by atoms with E-state index in [9.17, 15) is 4.79 Å². The maximum absolute atomic E-state index is 12.4. The Bertz CT molecular complexity index is 733. The third-order valence-electron chi connectivity index (χ3n) is 4.76. The van der Waals surface area contributed by atoms with E-state index in [0.29, 0.717) is 23.7 Å². The predicted molar refractivity (Wildman–Crippen MR) is 103 cm³/mol. The minimum Gasteiger partial charge on any atom is -0.399 e. The number of amides is 1. The van der Waals surface area contributed by atoms with Crippen molar-refractivity contribution in [2.45, 2.75) is 6.42 Å².